The predicted molar refractivity (Wildman–Crippen MR) is 149 cm³/mol. The normalized spacial score (nSPS) is 14.5. The van der Waals surface area contributed by atoms with Gasteiger partial charge in [-0.25, -0.2) is 4.39 Å². The number of carbonyl (C=O) groups excluding carboxylic acids is 2. The first-order valence-electron chi connectivity index (χ1n) is 10.9. The summed E-state index contributed by atoms with van der Waals surface area (Å²) in [5.41, 5.74) is 1.50. The molecule has 37 heavy (non-hydrogen) atoms. The van der Waals surface area contributed by atoms with Crippen LogP contribution < -0.4 is 9.47 Å². The molecule has 1 heterocycles. The Morgan fingerprint density at radius 2 is 1.81 bits per heavy atom. The highest BCUT2D eigenvalue weighted by Crippen LogP contribution is 2.40. The summed E-state index contributed by atoms with van der Waals surface area (Å²) in [5.74, 6) is -0.214. The van der Waals surface area contributed by atoms with Crippen molar-refractivity contribution < 1.29 is 23.5 Å². The molecule has 1 aliphatic heterocycles. The smallest absolute Gasteiger partial charge is 0.293 e. The van der Waals surface area contributed by atoms with Gasteiger partial charge in [0.2, 0.25) is 0 Å². The fourth-order valence-corrected chi connectivity index (χ4v) is 5.44. The second kappa shape index (κ2) is 12.1. The van der Waals surface area contributed by atoms with Crippen LogP contribution in [-0.2, 0) is 17.9 Å². The topological polar surface area (TPSA) is 55.8 Å². The predicted octanol–water partition coefficient (Wildman–Crippen LogP) is 8.76. The van der Waals surface area contributed by atoms with Crippen LogP contribution in [0.5, 0.6) is 11.5 Å². The largest absolute Gasteiger partial charge is 0.490 e. The van der Waals surface area contributed by atoms with Crippen LogP contribution in [0, 0.1) is 5.82 Å². The Hall–Kier alpha value is -2.23. The molecule has 1 aliphatic rings. The van der Waals surface area contributed by atoms with Gasteiger partial charge in [0.05, 0.1) is 32.6 Å². The van der Waals surface area contributed by atoms with Crippen molar-refractivity contribution >= 4 is 79.7 Å². The van der Waals surface area contributed by atoms with Gasteiger partial charge in [-0.3, -0.25) is 14.5 Å². The van der Waals surface area contributed by atoms with Crippen molar-refractivity contribution in [3.8, 4) is 11.5 Å². The number of carbonyl (C=O) groups is 2. The summed E-state index contributed by atoms with van der Waals surface area (Å²) in [4.78, 5) is 26.7. The van der Waals surface area contributed by atoms with Crippen LogP contribution in [0.4, 0.5) is 9.18 Å². The Kier molecular flexibility index (Phi) is 9.08. The van der Waals surface area contributed by atoms with Gasteiger partial charge in [0.25, 0.3) is 11.1 Å². The summed E-state index contributed by atoms with van der Waals surface area (Å²) in [7, 11) is 0. The van der Waals surface area contributed by atoms with Crippen LogP contribution in [0.25, 0.3) is 6.08 Å². The molecule has 0 unspecified atom stereocenters. The van der Waals surface area contributed by atoms with Crippen molar-refractivity contribution in [1.82, 2.24) is 4.90 Å². The number of rotatable bonds is 8. The monoisotopic (exact) mass is 643 g/mol. The van der Waals surface area contributed by atoms with E-state index in [0.29, 0.717) is 38.2 Å². The molecule has 0 N–H and O–H groups in total. The number of ether oxygens (including phenoxy) is 2. The maximum absolute atomic E-state index is 14.2. The number of nitrogens with zero attached hydrogens (tertiary/aromatic N) is 1. The average molecular weight is 646 g/mol. The Labute approximate surface area is 240 Å². The number of amides is 2. The number of thioether (sulfide) groups is 1. The van der Waals surface area contributed by atoms with Crippen LogP contribution >= 0.6 is 62.5 Å². The summed E-state index contributed by atoms with van der Waals surface area (Å²) in [5, 5.41) is 0.506. The van der Waals surface area contributed by atoms with Gasteiger partial charge in [-0.1, -0.05) is 46.9 Å². The second-order valence-corrected chi connectivity index (χ2v) is 10.8. The Balaban J connectivity index is 1.57. The van der Waals surface area contributed by atoms with Gasteiger partial charge in [-0.15, -0.1) is 0 Å². The summed E-state index contributed by atoms with van der Waals surface area (Å²) in [6.07, 6.45) is 1.57. The third-order valence-electron chi connectivity index (χ3n) is 5.25. The minimum atomic E-state index is -0.586. The molecule has 5 nitrogen and oxygen atoms in total. The van der Waals surface area contributed by atoms with Gasteiger partial charge >= 0.3 is 0 Å². The standard InChI is InChI=1S/C26H18BrCl3FNO4S/c1-2-35-22-10-15(8-17(27)24(22)36-13-14-6-7-19(29)20(30)9-14)11-23-25(33)32(26(34)37-23)12-16-18(28)4-3-5-21(16)31/h3-11H,2,12-13H2,1H3/b23-11-. The van der Waals surface area contributed by atoms with Gasteiger partial charge in [0, 0.05) is 10.6 Å². The molecule has 3 aromatic carbocycles. The molecule has 2 amide bonds. The van der Waals surface area contributed by atoms with Gasteiger partial charge in [-0.05, 0) is 88.2 Å². The van der Waals surface area contributed by atoms with Crippen molar-refractivity contribution in [2.75, 3.05) is 6.61 Å². The van der Waals surface area contributed by atoms with Crippen LogP contribution in [0.15, 0.2) is 57.9 Å². The first-order valence-corrected chi connectivity index (χ1v) is 13.6. The maximum atomic E-state index is 14.2. The molecule has 0 spiro atoms. The van der Waals surface area contributed by atoms with Crippen molar-refractivity contribution in [2.24, 2.45) is 0 Å². The number of hydrogen-bond donors (Lipinski definition) is 0. The Morgan fingerprint density at radius 1 is 1.03 bits per heavy atom. The molecule has 0 aromatic heterocycles. The molecular weight excluding hydrogens is 628 g/mol. The molecule has 192 valence electrons. The zero-order chi connectivity index (χ0) is 26.7. The van der Waals surface area contributed by atoms with Gasteiger partial charge in [-0.2, -0.15) is 0 Å². The maximum Gasteiger partial charge on any atom is 0.293 e. The molecular formula is C26H18BrCl3FNO4S. The lowest BCUT2D eigenvalue weighted by molar-refractivity contribution is -0.123. The molecule has 1 saturated heterocycles. The van der Waals surface area contributed by atoms with E-state index in [1.807, 2.05) is 6.92 Å². The number of imide groups is 1. The fourth-order valence-electron chi connectivity index (χ4n) is 3.49. The number of hydrogen-bond acceptors (Lipinski definition) is 5. The van der Waals surface area contributed by atoms with E-state index in [1.165, 1.54) is 18.2 Å². The molecule has 0 aliphatic carbocycles. The number of halogens is 5. The third-order valence-corrected chi connectivity index (χ3v) is 7.84. The summed E-state index contributed by atoms with van der Waals surface area (Å²) >= 11 is 22.4. The molecule has 0 saturated carbocycles. The van der Waals surface area contributed by atoms with E-state index in [2.05, 4.69) is 15.9 Å². The van der Waals surface area contributed by atoms with Crippen LogP contribution in [-0.4, -0.2) is 22.7 Å². The molecule has 0 bridgehead atoms. The minimum absolute atomic E-state index is 0.0811. The van der Waals surface area contributed by atoms with Gasteiger partial charge in [0.1, 0.15) is 12.4 Å². The zero-order valence-corrected chi connectivity index (χ0v) is 23.9. The molecule has 3 aromatic rings. The molecule has 11 heteroatoms. The fraction of sp³-hybridized carbons (Fsp3) is 0.154. The third kappa shape index (κ3) is 6.44. The highest BCUT2D eigenvalue weighted by atomic mass is 79.9. The first-order chi connectivity index (χ1) is 17.7. The Morgan fingerprint density at radius 3 is 2.51 bits per heavy atom. The van der Waals surface area contributed by atoms with Crippen LogP contribution in [0.3, 0.4) is 0 Å². The highest BCUT2D eigenvalue weighted by Gasteiger charge is 2.36. The molecule has 0 radical (unpaired) electrons. The first kappa shape index (κ1) is 27.8. The summed E-state index contributed by atoms with van der Waals surface area (Å²) in [6.45, 7) is 2.16. The summed E-state index contributed by atoms with van der Waals surface area (Å²) in [6, 6.07) is 12.9. The summed E-state index contributed by atoms with van der Waals surface area (Å²) < 4.78 is 26.6. The molecule has 4 rings (SSSR count). The zero-order valence-electron chi connectivity index (χ0n) is 19.2. The van der Waals surface area contributed by atoms with E-state index in [1.54, 1.807) is 36.4 Å². The van der Waals surface area contributed by atoms with Crippen molar-refractivity contribution in [3.05, 3.63) is 95.5 Å². The van der Waals surface area contributed by atoms with E-state index in [9.17, 15) is 14.0 Å². The van der Waals surface area contributed by atoms with E-state index >= 15 is 0 Å². The van der Waals surface area contributed by atoms with E-state index in [0.717, 1.165) is 22.2 Å². The van der Waals surface area contributed by atoms with Crippen LogP contribution in [0.1, 0.15) is 23.6 Å². The highest BCUT2D eigenvalue weighted by molar-refractivity contribution is 9.10. The van der Waals surface area contributed by atoms with Gasteiger partial charge in [0.15, 0.2) is 11.5 Å². The van der Waals surface area contributed by atoms with Gasteiger partial charge < -0.3 is 9.47 Å². The average Bonchev–Trinajstić information content (AvgIpc) is 3.10. The van der Waals surface area contributed by atoms with E-state index < -0.39 is 17.0 Å². The van der Waals surface area contributed by atoms with Crippen molar-refractivity contribution in [1.29, 1.82) is 0 Å². The quantitative estimate of drug-likeness (QED) is 0.229. The van der Waals surface area contributed by atoms with Crippen molar-refractivity contribution in [2.45, 2.75) is 20.1 Å². The SMILES string of the molecule is CCOc1cc(/C=C2\SC(=O)N(Cc3c(F)cccc3Cl)C2=O)cc(Br)c1OCc1ccc(Cl)c(Cl)c1. The molecule has 0 atom stereocenters. The van der Waals surface area contributed by atoms with E-state index in [-0.39, 0.29) is 28.6 Å². The molecule has 1 fully saturated rings. The Bertz CT molecular complexity index is 1400. The van der Waals surface area contributed by atoms with Crippen LogP contribution in [0.2, 0.25) is 15.1 Å². The van der Waals surface area contributed by atoms with E-state index in [4.69, 9.17) is 44.3 Å². The number of benzene rings is 3. The minimum Gasteiger partial charge on any atom is -0.490 e. The lowest BCUT2D eigenvalue weighted by Crippen LogP contribution is -2.28. The van der Waals surface area contributed by atoms with Crippen molar-refractivity contribution in [3.63, 3.8) is 0 Å². The lowest BCUT2D eigenvalue weighted by Gasteiger charge is -2.15. The lowest BCUT2D eigenvalue weighted by atomic mass is 10.1. The second-order valence-electron chi connectivity index (χ2n) is 7.77.